The highest BCUT2D eigenvalue weighted by Crippen LogP contribution is 2.29. The Balaban J connectivity index is 1.54. The molecule has 30 heavy (non-hydrogen) atoms. The number of fused-ring (bicyclic) bond motifs is 1. The normalized spacial score (nSPS) is 10.8. The lowest BCUT2D eigenvalue weighted by Crippen LogP contribution is -2.19. The highest BCUT2D eigenvalue weighted by atomic mass is 16.1. The van der Waals surface area contributed by atoms with Crippen LogP contribution in [0.1, 0.15) is 27.6 Å². The Labute approximate surface area is 174 Å². The van der Waals surface area contributed by atoms with Gasteiger partial charge in [-0.25, -0.2) is 15.0 Å². The van der Waals surface area contributed by atoms with Crippen LogP contribution in [0.15, 0.2) is 60.9 Å². The number of carbonyl (C=O) groups excluding carboxylic acids is 1. The lowest BCUT2D eigenvalue weighted by atomic mass is 10.1. The van der Waals surface area contributed by atoms with Gasteiger partial charge in [0.25, 0.3) is 5.91 Å². The Morgan fingerprint density at radius 3 is 2.47 bits per heavy atom. The molecule has 1 N–H and O–H groups in total. The number of nitrogens with one attached hydrogen (secondary N) is 1. The van der Waals surface area contributed by atoms with Gasteiger partial charge in [-0.1, -0.05) is 24.3 Å². The number of amides is 1. The zero-order valence-electron chi connectivity index (χ0n) is 17.1. The minimum atomic E-state index is -0.242. The zero-order valence-corrected chi connectivity index (χ0v) is 17.1. The van der Waals surface area contributed by atoms with Gasteiger partial charge >= 0.3 is 0 Å². The summed E-state index contributed by atoms with van der Waals surface area (Å²) in [4.78, 5) is 31.3. The molecule has 0 aliphatic heterocycles. The fraction of sp³-hybridized carbons (Fsp3) is 0.174. The van der Waals surface area contributed by atoms with Crippen molar-refractivity contribution in [1.29, 1.82) is 0 Å². The smallest absolute Gasteiger partial charge is 0.271 e. The molecule has 0 bridgehead atoms. The van der Waals surface area contributed by atoms with Gasteiger partial charge in [-0.15, -0.1) is 0 Å². The molecule has 0 spiro atoms. The van der Waals surface area contributed by atoms with Gasteiger partial charge in [-0.3, -0.25) is 9.78 Å². The lowest BCUT2D eigenvalue weighted by molar-refractivity contribution is 0.0957. The van der Waals surface area contributed by atoms with Gasteiger partial charge in [-0.2, -0.15) is 0 Å². The Morgan fingerprint density at radius 1 is 1.00 bits per heavy atom. The van der Waals surface area contributed by atoms with Crippen LogP contribution >= 0.6 is 0 Å². The Bertz CT molecular complexity index is 1190. The van der Waals surface area contributed by atoms with E-state index in [-0.39, 0.29) is 5.91 Å². The van der Waals surface area contributed by atoms with Crippen molar-refractivity contribution < 1.29 is 4.79 Å². The van der Waals surface area contributed by atoms with E-state index in [1.807, 2.05) is 38.2 Å². The number of hydrogen-bond donors (Lipinski definition) is 1. The van der Waals surface area contributed by atoms with Crippen LogP contribution < -0.4 is 10.2 Å². The van der Waals surface area contributed by atoms with E-state index < -0.39 is 0 Å². The summed E-state index contributed by atoms with van der Waals surface area (Å²) in [7, 11) is 3.58. The quantitative estimate of drug-likeness (QED) is 0.554. The average molecular weight is 398 g/mol. The highest BCUT2D eigenvalue weighted by Gasteiger charge is 2.12. The van der Waals surface area contributed by atoms with Crippen LogP contribution in [0.25, 0.3) is 10.9 Å². The first-order valence-electron chi connectivity index (χ1n) is 9.64. The zero-order chi connectivity index (χ0) is 21.1. The Morgan fingerprint density at radius 2 is 1.77 bits per heavy atom. The van der Waals surface area contributed by atoms with Crippen molar-refractivity contribution in [3.05, 3.63) is 83.7 Å². The molecule has 0 saturated heterocycles. The topological polar surface area (TPSA) is 83.9 Å². The maximum atomic E-state index is 11.6. The first kappa shape index (κ1) is 19.4. The summed E-state index contributed by atoms with van der Waals surface area (Å²) in [5, 5.41) is 3.56. The van der Waals surface area contributed by atoms with Crippen LogP contribution in [0, 0.1) is 6.92 Å². The summed E-state index contributed by atoms with van der Waals surface area (Å²) in [5.74, 6) is 1.38. The van der Waals surface area contributed by atoms with Gasteiger partial charge in [0.05, 0.1) is 17.4 Å². The molecule has 0 unspecified atom stereocenters. The molecular formula is C23H22N6O. The first-order valence-corrected chi connectivity index (χ1v) is 9.64. The van der Waals surface area contributed by atoms with E-state index in [1.54, 1.807) is 13.2 Å². The molecule has 0 aliphatic carbocycles. The Hall–Kier alpha value is -3.87. The fourth-order valence-electron chi connectivity index (χ4n) is 3.29. The minimum Gasteiger partial charge on any atom is -0.354 e. The summed E-state index contributed by atoms with van der Waals surface area (Å²) < 4.78 is 0. The van der Waals surface area contributed by atoms with Gasteiger partial charge in [0, 0.05) is 37.8 Å². The second-order valence-electron chi connectivity index (χ2n) is 6.99. The molecule has 150 valence electrons. The molecule has 4 aromatic rings. The number of aryl methyl sites for hydroxylation is 1. The summed E-state index contributed by atoms with van der Waals surface area (Å²) >= 11 is 0. The predicted molar refractivity (Wildman–Crippen MR) is 117 cm³/mol. The number of aromatic nitrogens is 4. The van der Waals surface area contributed by atoms with E-state index in [2.05, 4.69) is 54.4 Å². The molecule has 0 radical (unpaired) electrons. The third-order valence-electron chi connectivity index (χ3n) is 4.89. The van der Waals surface area contributed by atoms with Gasteiger partial charge in [-0.05, 0) is 36.8 Å². The highest BCUT2D eigenvalue weighted by molar-refractivity contribution is 5.92. The minimum absolute atomic E-state index is 0.242. The SMILES string of the molecule is CNC(=O)c1cnc(Cc2ccc(N(C)c3nc(C)nc4ccccc34)cc2)cn1. The van der Waals surface area contributed by atoms with Gasteiger partial charge in [0.15, 0.2) is 0 Å². The monoisotopic (exact) mass is 398 g/mol. The number of anilines is 2. The number of hydrogen-bond acceptors (Lipinski definition) is 6. The van der Waals surface area contributed by atoms with E-state index >= 15 is 0 Å². The number of nitrogens with zero attached hydrogens (tertiary/aromatic N) is 5. The second kappa shape index (κ2) is 8.24. The third-order valence-corrected chi connectivity index (χ3v) is 4.89. The molecule has 0 atom stereocenters. The molecule has 7 heteroatoms. The van der Waals surface area contributed by atoms with Gasteiger partial charge < -0.3 is 10.2 Å². The summed E-state index contributed by atoms with van der Waals surface area (Å²) in [6.07, 6.45) is 3.78. The maximum absolute atomic E-state index is 11.6. The van der Waals surface area contributed by atoms with E-state index in [4.69, 9.17) is 0 Å². The number of benzene rings is 2. The molecule has 0 fully saturated rings. The molecule has 2 heterocycles. The molecule has 4 rings (SSSR count). The summed E-state index contributed by atoms with van der Waals surface area (Å²) in [5.41, 5.74) is 4.19. The van der Waals surface area contributed by atoms with E-state index in [1.165, 1.54) is 6.20 Å². The van der Waals surface area contributed by atoms with Crippen molar-refractivity contribution in [2.45, 2.75) is 13.3 Å². The summed E-state index contributed by atoms with van der Waals surface area (Å²) in [6, 6.07) is 16.3. The largest absolute Gasteiger partial charge is 0.354 e. The van der Waals surface area contributed by atoms with Crippen LogP contribution in [0.4, 0.5) is 11.5 Å². The second-order valence-corrected chi connectivity index (χ2v) is 6.99. The molecular weight excluding hydrogens is 376 g/mol. The summed E-state index contributed by atoms with van der Waals surface area (Å²) in [6.45, 7) is 1.91. The average Bonchev–Trinajstić information content (AvgIpc) is 2.78. The van der Waals surface area contributed by atoms with E-state index in [0.29, 0.717) is 12.1 Å². The van der Waals surface area contributed by atoms with Crippen LogP contribution in [0.3, 0.4) is 0 Å². The van der Waals surface area contributed by atoms with Crippen molar-refractivity contribution >= 4 is 28.3 Å². The molecule has 2 aromatic carbocycles. The van der Waals surface area contributed by atoms with E-state index in [0.717, 1.165) is 39.5 Å². The van der Waals surface area contributed by atoms with E-state index in [9.17, 15) is 4.79 Å². The van der Waals surface area contributed by atoms with Gasteiger partial charge in [0.1, 0.15) is 17.3 Å². The van der Waals surface area contributed by atoms with Crippen LogP contribution in [-0.2, 0) is 6.42 Å². The standard InChI is InChI=1S/C23H22N6O/c1-15-27-20-7-5-4-6-19(20)22(28-15)29(3)18-10-8-16(9-11-18)12-17-13-26-21(14-25-17)23(30)24-2/h4-11,13-14H,12H2,1-3H3,(H,24,30). The Kier molecular flexibility index (Phi) is 5.34. The molecule has 1 amide bonds. The lowest BCUT2D eigenvalue weighted by Gasteiger charge is -2.20. The van der Waals surface area contributed by atoms with Crippen molar-refractivity contribution in [3.63, 3.8) is 0 Å². The number of carbonyl (C=O) groups is 1. The first-order chi connectivity index (χ1) is 14.5. The van der Waals surface area contributed by atoms with Crippen molar-refractivity contribution in [3.8, 4) is 0 Å². The van der Waals surface area contributed by atoms with Crippen molar-refractivity contribution in [2.75, 3.05) is 19.0 Å². The van der Waals surface area contributed by atoms with Crippen LogP contribution in [0.2, 0.25) is 0 Å². The molecule has 7 nitrogen and oxygen atoms in total. The third kappa shape index (κ3) is 3.96. The molecule has 0 saturated carbocycles. The number of para-hydroxylation sites is 1. The van der Waals surface area contributed by atoms with Crippen LogP contribution in [-0.4, -0.2) is 39.9 Å². The predicted octanol–water partition coefficient (Wildman–Crippen LogP) is 3.45. The molecule has 0 aliphatic rings. The van der Waals surface area contributed by atoms with Crippen LogP contribution in [0.5, 0.6) is 0 Å². The van der Waals surface area contributed by atoms with Crippen molar-refractivity contribution in [2.24, 2.45) is 0 Å². The molecule has 2 aromatic heterocycles. The fourth-order valence-corrected chi connectivity index (χ4v) is 3.29. The van der Waals surface area contributed by atoms with Crippen molar-refractivity contribution in [1.82, 2.24) is 25.3 Å². The van der Waals surface area contributed by atoms with Gasteiger partial charge in [0.2, 0.25) is 0 Å². The number of rotatable bonds is 5. The maximum Gasteiger partial charge on any atom is 0.271 e.